The number of carboxylic acid groups (broad SMARTS) is 1. The lowest BCUT2D eigenvalue weighted by molar-refractivity contribution is -0.138. The van der Waals surface area contributed by atoms with Crippen molar-refractivity contribution in [3.63, 3.8) is 0 Å². The van der Waals surface area contributed by atoms with Crippen molar-refractivity contribution in [3.05, 3.63) is 12.7 Å². The van der Waals surface area contributed by atoms with Crippen molar-refractivity contribution in [2.24, 2.45) is 0 Å². The number of allylic oxidation sites excluding steroid dienone is 1. The molecule has 0 aromatic carbocycles. The number of hydrogen-bond acceptors (Lipinski definition) is 2. The zero-order chi connectivity index (χ0) is 7.98. The molecule has 0 aliphatic rings. The van der Waals surface area contributed by atoms with E-state index in [2.05, 4.69) is 6.58 Å². The van der Waals surface area contributed by atoms with Crippen LogP contribution in [-0.4, -0.2) is 16.9 Å². The summed E-state index contributed by atoms with van der Waals surface area (Å²) in [5.74, 6) is -1.00. The first-order valence-electron chi connectivity index (χ1n) is 3.01. The number of carboxylic acids is 1. The van der Waals surface area contributed by atoms with Gasteiger partial charge in [0.15, 0.2) is 0 Å². The van der Waals surface area contributed by atoms with Gasteiger partial charge in [-0.25, -0.2) is 0 Å². The van der Waals surface area contributed by atoms with Crippen molar-refractivity contribution in [1.82, 2.24) is 0 Å². The lowest BCUT2D eigenvalue weighted by Crippen LogP contribution is -2.01. The monoisotopic (exact) mass is 142 g/mol. The summed E-state index contributed by atoms with van der Waals surface area (Å²) in [6.45, 7) is 3.36. The molecular weight excluding hydrogens is 132 g/mol. The van der Waals surface area contributed by atoms with Crippen molar-refractivity contribution in [3.8, 4) is 0 Å². The summed E-state index contributed by atoms with van der Waals surface area (Å²) in [5, 5.41) is 8.15. The Balaban J connectivity index is 3.39. The van der Waals surface area contributed by atoms with Crippen molar-refractivity contribution >= 4 is 11.8 Å². The molecule has 0 radical (unpaired) electrons. The number of ketones is 1. The van der Waals surface area contributed by atoms with Gasteiger partial charge in [-0.05, 0) is 0 Å². The maximum absolute atomic E-state index is 10.6. The van der Waals surface area contributed by atoms with Crippen LogP contribution >= 0.6 is 0 Å². The Bertz CT molecular complexity index is 149. The Hall–Kier alpha value is -1.12. The number of aliphatic carboxylic acids is 1. The van der Waals surface area contributed by atoms with E-state index in [1.807, 2.05) is 0 Å². The van der Waals surface area contributed by atoms with E-state index in [0.29, 0.717) is 0 Å². The van der Waals surface area contributed by atoms with Crippen molar-refractivity contribution in [2.45, 2.75) is 19.3 Å². The second kappa shape index (κ2) is 4.73. The fourth-order valence-electron chi connectivity index (χ4n) is 0.509. The second-order valence-electron chi connectivity index (χ2n) is 1.93. The third-order valence-corrected chi connectivity index (χ3v) is 0.990. The molecule has 1 N–H and O–H groups in total. The van der Waals surface area contributed by atoms with Gasteiger partial charge in [0.25, 0.3) is 0 Å². The zero-order valence-electron chi connectivity index (χ0n) is 5.67. The average Bonchev–Trinajstić information content (AvgIpc) is 1.85. The molecule has 0 atom stereocenters. The number of carbonyl (C=O) groups is 2. The molecule has 56 valence electrons. The average molecular weight is 142 g/mol. The molecule has 0 heterocycles. The smallest absolute Gasteiger partial charge is 0.303 e. The number of hydrogen-bond donors (Lipinski definition) is 1. The molecule has 3 nitrogen and oxygen atoms in total. The molecule has 0 aliphatic heterocycles. The van der Waals surface area contributed by atoms with Gasteiger partial charge in [0, 0.05) is 12.8 Å². The first-order valence-corrected chi connectivity index (χ1v) is 3.01. The Morgan fingerprint density at radius 3 is 2.40 bits per heavy atom. The second-order valence-corrected chi connectivity index (χ2v) is 1.93. The maximum atomic E-state index is 10.6. The van der Waals surface area contributed by atoms with E-state index in [4.69, 9.17) is 5.11 Å². The molecule has 0 bridgehead atoms. The minimum Gasteiger partial charge on any atom is -0.481 e. The highest BCUT2D eigenvalue weighted by Crippen LogP contribution is 1.94. The van der Waals surface area contributed by atoms with Crippen LogP contribution in [0, 0.1) is 0 Å². The van der Waals surface area contributed by atoms with E-state index in [1.54, 1.807) is 0 Å². The lowest BCUT2D eigenvalue weighted by atomic mass is 10.2. The van der Waals surface area contributed by atoms with Gasteiger partial charge in [-0.2, -0.15) is 0 Å². The first kappa shape index (κ1) is 8.88. The lowest BCUT2D eigenvalue weighted by Gasteiger charge is -1.91. The Morgan fingerprint density at radius 1 is 1.40 bits per heavy atom. The van der Waals surface area contributed by atoms with Gasteiger partial charge >= 0.3 is 5.97 Å². The third-order valence-electron chi connectivity index (χ3n) is 0.990. The van der Waals surface area contributed by atoms with Crippen LogP contribution < -0.4 is 0 Å². The summed E-state index contributed by atoms with van der Waals surface area (Å²) in [4.78, 5) is 20.5. The predicted molar refractivity (Wildman–Crippen MR) is 36.7 cm³/mol. The van der Waals surface area contributed by atoms with Crippen LogP contribution in [0.1, 0.15) is 19.3 Å². The summed E-state index contributed by atoms with van der Waals surface area (Å²) in [7, 11) is 0. The molecule has 0 aromatic rings. The summed E-state index contributed by atoms with van der Waals surface area (Å²) >= 11 is 0. The van der Waals surface area contributed by atoms with Crippen molar-refractivity contribution < 1.29 is 14.7 Å². The first-order chi connectivity index (χ1) is 4.66. The van der Waals surface area contributed by atoms with Crippen LogP contribution in [0.5, 0.6) is 0 Å². The van der Waals surface area contributed by atoms with Gasteiger partial charge in [0.2, 0.25) is 0 Å². The Labute approximate surface area is 59.4 Å². The van der Waals surface area contributed by atoms with Gasteiger partial charge in [-0.3, -0.25) is 9.59 Å². The van der Waals surface area contributed by atoms with Crippen LogP contribution in [0.4, 0.5) is 0 Å². The molecule has 0 rings (SSSR count). The van der Waals surface area contributed by atoms with E-state index in [1.165, 1.54) is 6.08 Å². The highest BCUT2D eigenvalue weighted by atomic mass is 16.4. The molecule has 0 unspecified atom stereocenters. The molecule has 0 saturated heterocycles. The third kappa shape index (κ3) is 5.03. The van der Waals surface area contributed by atoms with E-state index < -0.39 is 5.97 Å². The zero-order valence-corrected chi connectivity index (χ0v) is 5.67. The van der Waals surface area contributed by atoms with Gasteiger partial charge in [-0.15, -0.1) is 6.58 Å². The minimum atomic E-state index is -0.933. The molecule has 0 amide bonds. The van der Waals surface area contributed by atoms with Crippen LogP contribution in [0.15, 0.2) is 12.7 Å². The SMILES string of the molecule is C=CCC(=O)CCC(=O)O. The molecule has 0 spiro atoms. The van der Waals surface area contributed by atoms with E-state index >= 15 is 0 Å². The molecule has 0 aromatic heterocycles. The van der Waals surface area contributed by atoms with E-state index in [9.17, 15) is 9.59 Å². The molecular formula is C7H10O3. The van der Waals surface area contributed by atoms with Gasteiger partial charge in [0.1, 0.15) is 5.78 Å². The molecule has 0 aliphatic carbocycles. The summed E-state index contributed by atoms with van der Waals surface area (Å²) in [5.41, 5.74) is 0. The number of rotatable bonds is 5. The molecule has 0 saturated carbocycles. The van der Waals surface area contributed by atoms with E-state index in [0.717, 1.165) is 0 Å². The normalized spacial score (nSPS) is 8.80. The van der Waals surface area contributed by atoms with Gasteiger partial charge < -0.3 is 5.11 Å². The summed E-state index contributed by atoms with van der Waals surface area (Å²) in [6.07, 6.45) is 1.78. The van der Waals surface area contributed by atoms with Crippen LogP contribution in [-0.2, 0) is 9.59 Å². The summed E-state index contributed by atoms with van der Waals surface area (Å²) in [6, 6.07) is 0. The quantitative estimate of drug-likeness (QED) is 0.582. The maximum Gasteiger partial charge on any atom is 0.303 e. The topological polar surface area (TPSA) is 54.4 Å². The predicted octanol–water partition coefficient (Wildman–Crippen LogP) is 0.996. The van der Waals surface area contributed by atoms with E-state index in [-0.39, 0.29) is 25.0 Å². The van der Waals surface area contributed by atoms with Crippen LogP contribution in [0.2, 0.25) is 0 Å². The number of Topliss-reactive ketones (excluding diaryl/α,β-unsaturated/α-hetero) is 1. The van der Waals surface area contributed by atoms with Gasteiger partial charge in [0.05, 0.1) is 6.42 Å². The number of carbonyl (C=O) groups excluding carboxylic acids is 1. The summed E-state index contributed by atoms with van der Waals surface area (Å²) < 4.78 is 0. The Kier molecular flexibility index (Phi) is 4.20. The van der Waals surface area contributed by atoms with Gasteiger partial charge in [-0.1, -0.05) is 6.08 Å². The Morgan fingerprint density at radius 2 is 2.00 bits per heavy atom. The molecule has 0 fully saturated rings. The largest absolute Gasteiger partial charge is 0.481 e. The fourth-order valence-corrected chi connectivity index (χ4v) is 0.509. The highest BCUT2D eigenvalue weighted by molar-refractivity contribution is 5.83. The molecule has 10 heavy (non-hydrogen) atoms. The van der Waals surface area contributed by atoms with Crippen molar-refractivity contribution in [1.29, 1.82) is 0 Å². The fraction of sp³-hybridized carbons (Fsp3) is 0.429. The minimum absolute atomic E-state index is 0.0719. The standard InChI is InChI=1S/C7H10O3/c1-2-3-6(8)4-5-7(9)10/h2H,1,3-5H2,(H,9,10). The van der Waals surface area contributed by atoms with Crippen LogP contribution in [0.3, 0.4) is 0 Å². The van der Waals surface area contributed by atoms with Crippen LogP contribution in [0.25, 0.3) is 0 Å². The van der Waals surface area contributed by atoms with Crippen molar-refractivity contribution in [2.75, 3.05) is 0 Å². The molecule has 3 heteroatoms. The highest BCUT2D eigenvalue weighted by Gasteiger charge is 2.02.